The molecule has 2 aromatic rings. The number of aromatic nitrogens is 2. The van der Waals surface area contributed by atoms with Crippen molar-refractivity contribution in [2.24, 2.45) is 0 Å². The van der Waals surface area contributed by atoms with Gasteiger partial charge in [-0.15, -0.1) is 0 Å². The van der Waals surface area contributed by atoms with Gasteiger partial charge in [-0.05, 0) is 42.5 Å². The van der Waals surface area contributed by atoms with Gasteiger partial charge in [0.2, 0.25) is 5.95 Å². The van der Waals surface area contributed by atoms with Gasteiger partial charge in [-0.1, -0.05) is 12.5 Å². The van der Waals surface area contributed by atoms with Crippen molar-refractivity contribution in [2.75, 3.05) is 57.4 Å². The van der Waals surface area contributed by atoms with E-state index in [1.165, 1.54) is 36.1 Å². The number of hydrogen-bond acceptors (Lipinski definition) is 7. The molecule has 1 saturated heterocycles. The second-order valence-electron chi connectivity index (χ2n) is 9.50. The highest BCUT2D eigenvalue weighted by Gasteiger charge is 2.29. The predicted octanol–water partition coefficient (Wildman–Crippen LogP) is 2.52. The van der Waals surface area contributed by atoms with E-state index in [-0.39, 0.29) is 0 Å². The van der Waals surface area contributed by atoms with Crippen molar-refractivity contribution < 1.29 is 9.47 Å². The summed E-state index contributed by atoms with van der Waals surface area (Å²) in [6.07, 6.45) is 8.26. The number of rotatable bonds is 4. The number of nitrogens with zero attached hydrogens (tertiary/aromatic N) is 5. The summed E-state index contributed by atoms with van der Waals surface area (Å²) in [5.41, 5.74) is 3.82. The lowest BCUT2D eigenvalue weighted by atomic mass is 9.91. The third-order valence-electron chi connectivity index (χ3n) is 7.50. The van der Waals surface area contributed by atoms with Gasteiger partial charge < -0.3 is 14.4 Å². The van der Waals surface area contributed by atoms with Gasteiger partial charge in [0.1, 0.15) is 13.2 Å². The van der Waals surface area contributed by atoms with Gasteiger partial charge in [-0.3, -0.25) is 9.80 Å². The molecule has 4 heterocycles. The average molecular weight is 436 g/mol. The zero-order valence-corrected chi connectivity index (χ0v) is 18.8. The molecule has 170 valence electrons. The Morgan fingerprint density at radius 3 is 2.53 bits per heavy atom. The van der Waals surface area contributed by atoms with E-state index in [0.29, 0.717) is 13.2 Å². The van der Waals surface area contributed by atoms with Crippen molar-refractivity contribution in [3.8, 4) is 11.5 Å². The molecule has 0 N–H and O–H groups in total. The van der Waals surface area contributed by atoms with Crippen molar-refractivity contribution in [3.05, 3.63) is 41.2 Å². The fourth-order valence-corrected chi connectivity index (χ4v) is 5.30. The predicted molar refractivity (Wildman–Crippen MR) is 124 cm³/mol. The Hall–Kier alpha value is -2.38. The third-order valence-corrected chi connectivity index (χ3v) is 7.50. The number of anilines is 1. The van der Waals surface area contributed by atoms with E-state index in [2.05, 4.69) is 33.0 Å². The summed E-state index contributed by atoms with van der Waals surface area (Å²) in [4.78, 5) is 17.4. The lowest BCUT2D eigenvalue weighted by molar-refractivity contribution is 0.120. The number of benzene rings is 1. The van der Waals surface area contributed by atoms with E-state index in [0.717, 1.165) is 82.1 Å². The number of piperazine rings is 1. The summed E-state index contributed by atoms with van der Waals surface area (Å²) in [5.74, 6) is 2.66. The van der Waals surface area contributed by atoms with Crippen LogP contribution in [0.4, 0.5) is 5.95 Å². The molecule has 0 unspecified atom stereocenters. The molecule has 0 spiro atoms. The first kappa shape index (κ1) is 20.2. The minimum Gasteiger partial charge on any atom is -0.486 e. The number of ether oxygens (including phenoxy) is 2. The molecule has 0 amide bonds. The largest absolute Gasteiger partial charge is 0.486 e. The quantitative estimate of drug-likeness (QED) is 0.731. The molecular formula is C25H33N5O2. The molecule has 3 aliphatic heterocycles. The molecule has 4 aliphatic rings. The summed E-state index contributed by atoms with van der Waals surface area (Å²) < 4.78 is 11.4. The Balaban J connectivity index is 1.08. The van der Waals surface area contributed by atoms with Crippen LogP contribution in [0.5, 0.6) is 11.5 Å². The lowest BCUT2D eigenvalue weighted by Gasteiger charge is -2.43. The molecule has 1 saturated carbocycles. The molecule has 1 aromatic heterocycles. The normalized spacial score (nSPS) is 22.2. The maximum Gasteiger partial charge on any atom is 0.225 e. The van der Waals surface area contributed by atoms with Gasteiger partial charge in [0.05, 0.1) is 5.69 Å². The van der Waals surface area contributed by atoms with E-state index in [1.54, 1.807) is 0 Å². The highest BCUT2D eigenvalue weighted by atomic mass is 16.6. The van der Waals surface area contributed by atoms with E-state index in [1.807, 2.05) is 6.07 Å². The first-order chi connectivity index (χ1) is 15.8. The Bertz CT molecular complexity index is 955. The maximum absolute atomic E-state index is 5.76. The molecule has 7 nitrogen and oxygen atoms in total. The smallest absolute Gasteiger partial charge is 0.225 e. The van der Waals surface area contributed by atoms with Crippen molar-refractivity contribution in [3.63, 3.8) is 0 Å². The Kier molecular flexibility index (Phi) is 5.61. The number of fused-ring (bicyclic) bond motifs is 2. The Morgan fingerprint density at radius 1 is 0.906 bits per heavy atom. The minimum atomic E-state index is 0.631. The molecule has 0 bridgehead atoms. The Labute approximate surface area is 190 Å². The molecular weight excluding hydrogens is 402 g/mol. The molecule has 1 aliphatic carbocycles. The zero-order chi connectivity index (χ0) is 21.3. The van der Waals surface area contributed by atoms with Gasteiger partial charge in [-0.25, -0.2) is 9.97 Å². The molecule has 0 radical (unpaired) electrons. The van der Waals surface area contributed by atoms with Crippen LogP contribution in [0.25, 0.3) is 0 Å². The fraction of sp³-hybridized carbons (Fsp3) is 0.600. The second-order valence-corrected chi connectivity index (χ2v) is 9.50. The SMILES string of the molecule is c1cc2c(cc1CN1CCc3cnc(N4CCN(C5CCC5)CC4)nc3CC1)OCCO2. The van der Waals surface area contributed by atoms with Crippen LogP contribution >= 0.6 is 0 Å². The monoisotopic (exact) mass is 435 g/mol. The van der Waals surface area contributed by atoms with Crippen LogP contribution in [0.1, 0.15) is 36.1 Å². The highest BCUT2D eigenvalue weighted by Crippen LogP contribution is 2.31. The Morgan fingerprint density at radius 2 is 1.72 bits per heavy atom. The van der Waals surface area contributed by atoms with Crippen LogP contribution in [0.15, 0.2) is 24.4 Å². The summed E-state index contributed by atoms with van der Waals surface area (Å²) in [7, 11) is 0. The molecule has 32 heavy (non-hydrogen) atoms. The molecule has 0 atom stereocenters. The van der Waals surface area contributed by atoms with Crippen molar-refractivity contribution >= 4 is 5.95 Å². The number of hydrogen-bond donors (Lipinski definition) is 0. The van der Waals surface area contributed by atoms with E-state index in [4.69, 9.17) is 19.4 Å². The maximum atomic E-state index is 5.76. The molecule has 2 fully saturated rings. The van der Waals surface area contributed by atoms with Crippen LogP contribution < -0.4 is 14.4 Å². The van der Waals surface area contributed by atoms with E-state index >= 15 is 0 Å². The summed E-state index contributed by atoms with van der Waals surface area (Å²) >= 11 is 0. The van der Waals surface area contributed by atoms with Gasteiger partial charge >= 0.3 is 0 Å². The third kappa shape index (κ3) is 4.16. The summed E-state index contributed by atoms with van der Waals surface area (Å²) in [6.45, 7) is 8.63. The van der Waals surface area contributed by atoms with Gasteiger partial charge in [-0.2, -0.15) is 0 Å². The van der Waals surface area contributed by atoms with Gasteiger partial charge in [0, 0.05) is 64.5 Å². The summed E-state index contributed by atoms with van der Waals surface area (Å²) in [6, 6.07) is 7.17. The zero-order valence-electron chi connectivity index (χ0n) is 18.8. The van der Waals surface area contributed by atoms with Crippen LogP contribution in [0.3, 0.4) is 0 Å². The van der Waals surface area contributed by atoms with Crippen molar-refractivity contribution in [1.29, 1.82) is 0 Å². The second kappa shape index (κ2) is 8.87. The molecule has 1 aromatic carbocycles. The van der Waals surface area contributed by atoms with Crippen molar-refractivity contribution in [1.82, 2.24) is 19.8 Å². The van der Waals surface area contributed by atoms with Crippen LogP contribution in [0, 0.1) is 0 Å². The first-order valence-corrected chi connectivity index (χ1v) is 12.3. The average Bonchev–Trinajstić information content (AvgIpc) is 3.00. The van der Waals surface area contributed by atoms with Gasteiger partial charge in [0.15, 0.2) is 11.5 Å². The summed E-state index contributed by atoms with van der Waals surface area (Å²) in [5, 5.41) is 0. The molecule has 7 heteroatoms. The van der Waals surface area contributed by atoms with E-state index < -0.39 is 0 Å². The fourth-order valence-electron chi connectivity index (χ4n) is 5.30. The van der Waals surface area contributed by atoms with Crippen LogP contribution in [0.2, 0.25) is 0 Å². The van der Waals surface area contributed by atoms with Crippen LogP contribution in [-0.2, 0) is 19.4 Å². The standard InChI is InChI=1S/C25H33N5O2/c1-2-21(3-1)29-10-12-30(13-11-29)25-26-17-20-6-8-28(9-7-22(20)27-25)18-19-4-5-23-24(16-19)32-15-14-31-23/h4-5,16-17,21H,1-3,6-15,18H2. The van der Waals surface area contributed by atoms with Crippen LogP contribution in [-0.4, -0.2) is 78.3 Å². The van der Waals surface area contributed by atoms with Gasteiger partial charge in [0.25, 0.3) is 0 Å². The highest BCUT2D eigenvalue weighted by molar-refractivity contribution is 5.44. The molecule has 6 rings (SSSR count). The lowest BCUT2D eigenvalue weighted by Crippen LogP contribution is -2.52. The van der Waals surface area contributed by atoms with Crippen molar-refractivity contribution in [2.45, 2.75) is 44.7 Å². The topological polar surface area (TPSA) is 54.0 Å². The van der Waals surface area contributed by atoms with E-state index in [9.17, 15) is 0 Å². The minimum absolute atomic E-state index is 0.631. The first-order valence-electron chi connectivity index (χ1n) is 12.3.